The van der Waals surface area contributed by atoms with Crippen LogP contribution in [0.4, 0.5) is 0 Å². The van der Waals surface area contributed by atoms with E-state index in [1.165, 1.54) is 0 Å². The number of rotatable bonds is 5. The second-order valence-electron chi connectivity index (χ2n) is 3.79. The summed E-state index contributed by atoms with van der Waals surface area (Å²) in [5.41, 5.74) is 1.96. The van der Waals surface area contributed by atoms with Gasteiger partial charge in [0.25, 0.3) is 0 Å². The van der Waals surface area contributed by atoms with Crippen LogP contribution in [0.25, 0.3) is 11.4 Å². The van der Waals surface area contributed by atoms with Crippen molar-refractivity contribution >= 4 is 0 Å². The fourth-order valence-electron chi connectivity index (χ4n) is 1.52. The molecular formula is C13H16N4. The normalized spacial score (nSPS) is 10.4. The number of aromatic nitrogens is 3. The van der Waals surface area contributed by atoms with Gasteiger partial charge in [0.1, 0.15) is 0 Å². The lowest BCUT2D eigenvalue weighted by atomic mass is 10.2. The molecule has 0 fully saturated rings. The van der Waals surface area contributed by atoms with Gasteiger partial charge < -0.3 is 5.32 Å². The topological polar surface area (TPSA) is 50.7 Å². The Morgan fingerprint density at radius 1 is 1.24 bits per heavy atom. The molecule has 0 aliphatic rings. The van der Waals surface area contributed by atoms with Gasteiger partial charge in [-0.15, -0.1) is 0 Å². The van der Waals surface area contributed by atoms with Crippen LogP contribution in [-0.2, 0) is 6.54 Å². The molecular weight excluding hydrogens is 212 g/mol. The summed E-state index contributed by atoms with van der Waals surface area (Å²) in [6, 6.07) is 5.79. The van der Waals surface area contributed by atoms with E-state index in [2.05, 4.69) is 27.2 Å². The van der Waals surface area contributed by atoms with E-state index in [0.29, 0.717) is 0 Å². The smallest absolute Gasteiger partial charge is 0.160 e. The Bertz CT molecular complexity index is 456. The molecule has 0 atom stereocenters. The average Bonchev–Trinajstić information content (AvgIpc) is 2.41. The van der Waals surface area contributed by atoms with E-state index in [1.807, 2.05) is 18.2 Å². The van der Waals surface area contributed by atoms with Crippen LogP contribution in [0.3, 0.4) is 0 Å². The molecule has 1 N–H and O–H groups in total. The van der Waals surface area contributed by atoms with Gasteiger partial charge in [-0.2, -0.15) is 0 Å². The van der Waals surface area contributed by atoms with E-state index in [1.54, 1.807) is 18.6 Å². The summed E-state index contributed by atoms with van der Waals surface area (Å²) in [5, 5.41) is 3.32. The molecule has 88 valence electrons. The molecule has 0 saturated carbocycles. The van der Waals surface area contributed by atoms with E-state index in [0.717, 1.165) is 36.6 Å². The van der Waals surface area contributed by atoms with Crippen molar-refractivity contribution in [3.05, 3.63) is 42.5 Å². The molecule has 0 unspecified atom stereocenters. The van der Waals surface area contributed by atoms with E-state index >= 15 is 0 Å². The molecule has 2 rings (SSSR count). The number of pyridine rings is 1. The maximum absolute atomic E-state index is 4.50. The van der Waals surface area contributed by atoms with Gasteiger partial charge in [0.05, 0.1) is 5.69 Å². The Morgan fingerprint density at radius 3 is 2.94 bits per heavy atom. The predicted molar refractivity (Wildman–Crippen MR) is 67.3 cm³/mol. The lowest BCUT2D eigenvalue weighted by Crippen LogP contribution is -2.15. The molecule has 0 radical (unpaired) electrons. The Balaban J connectivity index is 2.12. The molecule has 0 aromatic carbocycles. The van der Waals surface area contributed by atoms with Gasteiger partial charge in [0.2, 0.25) is 0 Å². The molecule has 4 nitrogen and oxygen atoms in total. The quantitative estimate of drug-likeness (QED) is 0.796. The van der Waals surface area contributed by atoms with Gasteiger partial charge in [-0.1, -0.05) is 6.92 Å². The monoisotopic (exact) mass is 228 g/mol. The van der Waals surface area contributed by atoms with Crippen LogP contribution in [0.5, 0.6) is 0 Å². The van der Waals surface area contributed by atoms with Gasteiger partial charge in [-0.05, 0) is 31.2 Å². The van der Waals surface area contributed by atoms with Gasteiger partial charge >= 0.3 is 0 Å². The number of hydrogen-bond acceptors (Lipinski definition) is 4. The summed E-state index contributed by atoms with van der Waals surface area (Å²) < 4.78 is 0. The summed E-state index contributed by atoms with van der Waals surface area (Å²) in [6.07, 6.45) is 6.44. The van der Waals surface area contributed by atoms with Crippen LogP contribution in [0.15, 0.2) is 36.8 Å². The molecule has 0 bridgehead atoms. The first kappa shape index (κ1) is 11.7. The summed E-state index contributed by atoms with van der Waals surface area (Å²) in [4.78, 5) is 12.8. The minimum absolute atomic E-state index is 0.730. The Morgan fingerprint density at radius 2 is 2.18 bits per heavy atom. The van der Waals surface area contributed by atoms with Crippen molar-refractivity contribution in [3.8, 4) is 11.4 Å². The van der Waals surface area contributed by atoms with Crippen LogP contribution >= 0.6 is 0 Å². The summed E-state index contributed by atoms with van der Waals surface area (Å²) in [6.45, 7) is 3.93. The average molecular weight is 228 g/mol. The summed E-state index contributed by atoms with van der Waals surface area (Å²) in [5.74, 6) is 0.730. The molecule has 0 amide bonds. The molecule has 0 saturated heterocycles. The SMILES string of the molecule is CCCNCc1ccnc(-c2cccnc2)n1. The predicted octanol–water partition coefficient (Wildman–Crippen LogP) is 2.04. The van der Waals surface area contributed by atoms with Gasteiger partial charge in [0.15, 0.2) is 5.82 Å². The molecule has 0 aliphatic carbocycles. The lowest BCUT2D eigenvalue weighted by molar-refractivity contribution is 0.663. The first-order valence-electron chi connectivity index (χ1n) is 5.83. The highest BCUT2D eigenvalue weighted by atomic mass is 14.9. The minimum atomic E-state index is 0.730. The molecule has 2 heterocycles. The maximum Gasteiger partial charge on any atom is 0.160 e. The number of nitrogens with one attached hydrogen (secondary N) is 1. The zero-order chi connectivity index (χ0) is 11.9. The minimum Gasteiger partial charge on any atom is -0.311 e. The van der Waals surface area contributed by atoms with Crippen LogP contribution in [0.2, 0.25) is 0 Å². The van der Waals surface area contributed by atoms with Crippen LogP contribution in [-0.4, -0.2) is 21.5 Å². The van der Waals surface area contributed by atoms with Crippen molar-refractivity contribution in [2.75, 3.05) is 6.54 Å². The zero-order valence-corrected chi connectivity index (χ0v) is 9.93. The first-order valence-corrected chi connectivity index (χ1v) is 5.83. The zero-order valence-electron chi connectivity index (χ0n) is 9.93. The molecule has 2 aromatic rings. The van der Waals surface area contributed by atoms with E-state index in [-0.39, 0.29) is 0 Å². The van der Waals surface area contributed by atoms with Crippen molar-refractivity contribution in [2.24, 2.45) is 0 Å². The van der Waals surface area contributed by atoms with E-state index < -0.39 is 0 Å². The van der Waals surface area contributed by atoms with E-state index in [9.17, 15) is 0 Å². The van der Waals surface area contributed by atoms with Crippen molar-refractivity contribution in [3.63, 3.8) is 0 Å². The van der Waals surface area contributed by atoms with Gasteiger partial charge in [-0.3, -0.25) is 4.98 Å². The van der Waals surface area contributed by atoms with Gasteiger partial charge in [0, 0.05) is 30.7 Å². The largest absolute Gasteiger partial charge is 0.311 e. The summed E-state index contributed by atoms with van der Waals surface area (Å²) >= 11 is 0. The second kappa shape index (κ2) is 6.06. The molecule has 4 heteroatoms. The second-order valence-corrected chi connectivity index (χ2v) is 3.79. The van der Waals surface area contributed by atoms with Crippen molar-refractivity contribution in [2.45, 2.75) is 19.9 Å². The molecule has 17 heavy (non-hydrogen) atoms. The fourth-order valence-corrected chi connectivity index (χ4v) is 1.52. The third-order valence-corrected chi connectivity index (χ3v) is 2.37. The first-order chi connectivity index (χ1) is 8.40. The molecule has 0 spiro atoms. The third kappa shape index (κ3) is 3.32. The van der Waals surface area contributed by atoms with E-state index in [4.69, 9.17) is 0 Å². The van der Waals surface area contributed by atoms with Crippen LogP contribution < -0.4 is 5.32 Å². The van der Waals surface area contributed by atoms with Gasteiger partial charge in [-0.25, -0.2) is 9.97 Å². The Labute approximate surface area is 101 Å². The summed E-state index contributed by atoms with van der Waals surface area (Å²) in [7, 11) is 0. The highest BCUT2D eigenvalue weighted by Crippen LogP contribution is 2.12. The van der Waals surface area contributed by atoms with Crippen molar-refractivity contribution < 1.29 is 0 Å². The Kier molecular flexibility index (Phi) is 4.16. The van der Waals surface area contributed by atoms with Crippen molar-refractivity contribution in [1.29, 1.82) is 0 Å². The maximum atomic E-state index is 4.50. The molecule has 0 aliphatic heterocycles. The number of hydrogen-bond donors (Lipinski definition) is 1. The standard InChI is InChI=1S/C13H16N4/c1-2-6-14-10-12-5-8-16-13(17-12)11-4-3-7-15-9-11/h3-5,7-9,14H,2,6,10H2,1H3. The fraction of sp³-hybridized carbons (Fsp3) is 0.308. The number of nitrogens with zero attached hydrogens (tertiary/aromatic N) is 3. The highest BCUT2D eigenvalue weighted by molar-refractivity contribution is 5.52. The third-order valence-electron chi connectivity index (χ3n) is 2.37. The van der Waals surface area contributed by atoms with Crippen LogP contribution in [0.1, 0.15) is 19.0 Å². The highest BCUT2D eigenvalue weighted by Gasteiger charge is 2.01. The van der Waals surface area contributed by atoms with Crippen molar-refractivity contribution in [1.82, 2.24) is 20.3 Å². The Hall–Kier alpha value is -1.81. The van der Waals surface area contributed by atoms with Crippen LogP contribution in [0, 0.1) is 0 Å². The molecule has 2 aromatic heterocycles. The lowest BCUT2D eigenvalue weighted by Gasteiger charge is -2.04.